The van der Waals surface area contributed by atoms with Crippen LogP contribution in [0.15, 0.2) is 30.5 Å². The van der Waals surface area contributed by atoms with Crippen molar-refractivity contribution in [3.8, 4) is 11.3 Å². The van der Waals surface area contributed by atoms with Crippen molar-refractivity contribution in [1.29, 1.82) is 0 Å². The third-order valence-electron chi connectivity index (χ3n) is 6.84. The third-order valence-corrected chi connectivity index (χ3v) is 7.08. The molecule has 38 heavy (non-hydrogen) atoms. The van der Waals surface area contributed by atoms with E-state index >= 15 is 0 Å². The molecule has 2 aromatic heterocycles. The normalized spacial score (nSPS) is 16.5. The van der Waals surface area contributed by atoms with Gasteiger partial charge in [-0.1, -0.05) is 31.6 Å². The van der Waals surface area contributed by atoms with E-state index in [0.717, 1.165) is 66.9 Å². The lowest BCUT2D eigenvalue weighted by Crippen LogP contribution is -2.21. The fraction of sp³-hybridized carbons (Fsp3) is 0.393. The van der Waals surface area contributed by atoms with Gasteiger partial charge in [0.05, 0.1) is 27.6 Å². The summed E-state index contributed by atoms with van der Waals surface area (Å²) in [5.41, 5.74) is 5.63. The van der Waals surface area contributed by atoms with Gasteiger partial charge in [0.15, 0.2) is 0 Å². The van der Waals surface area contributed by atoms with Crippen LogP contribution in [0, 0.1) is 5.92 Å². The first-order valence-corrected chi connectivity index (χ1v) is 13.2. The number of nitrogens with zero attached hydrogens (tertiary/aromatic N) is 4. The first-order chi connectivity index (χ1) is 18.1. The van der Waals surface area contributed by atoms with Gasteiger partial charge in [-0.05, 0) is 49.4 Å². The molecular formula is C28H30F3N6S+. The second-order valence-electron chi connectivity index (χ2n) is 10.1. The van der Waals surface area contributed by atoms with Gasteiger partial charge >= 0.3 is 6.18 Å². The lowest BCUT2D eigenvalue weighted by molar-refractivity contribution is -0.461. The molecule has 0 saturated heterocycles. The van der Waals surface area contributed by atoms with Crippen LogP contribution in [-0.4, -0.2) is 44.8 Å². The Hall–Kier alpha value is -3.40. The molecule has 6 nitrogen and oxygen atoms in total. The molecule has 198 valence electrons. The summed E-state index contributed by atoms with van der Waals surface area (Å²) < 4.78 is 42.2. The van der Waals surface area contributed by atoms with Crippen molar-refractivity contribution in [1.82, 2.24) is 15.0 Å². The summed E-state index contributed by atoms with van der Waals surface area (Å²) in [5, 5.41) is 6.33. The van der Waals surface area contributed by atoms with Gasteiger partial charge in [-0.2, -0.15) is 13.2 Å². The summed E-state index contributed by atoms with van der Waals surface area (Å²) >= 11 is 5.38. The Labute approximate surface area is 225 Å². The summed E-state index contributed by atoms with van der Waals surface area (Å²) in [4.78, 5) is 14.7. The number of hydrogen-bond acceptors (Lipinski definition) is 5. The Kier molecular flexibility index (Phi) is 7.17. The van der Waals surface area contributed by atoms with Gasteiger partial charge in [-0.25, -0.2) is 14.5 Å². The molecule has 0 fully saturated rings. The van der Waals surface area contributed by atoms with Crippen LogP contribution in [0.5, 0.6) is 0 Å². The van der Waals surface area contributed by atoms with Crippen molar-refractivity contribution >= 4 is 40.7 Å². The van der Waals surface area contributed by atoms with Crippen molar-refractivity contribution in [3.05, 3.63) is 58.5 Å². The van der Waals surface area contributed by atoms with Gasteiger partial charge in [-0.15, -0.1) is 0 Å². The Balaban J connectivity index is 1.52. The van der Waals surface area contributed by atoms with E-state index in [4.69, 9.17) is 22.2 Å². The van der Waals surface area contributed by atoms with Crippen LogP contribution in [0.1, 0.15) is 47.8 Å². The van der Waals surface area contributed by atoms with Gasteiger partial charge in [0.25, 0.3) is 0 Å². The minimum absolute atomic E-state index is 0.290. The molecule has 0 radical (unpaired) electrons. The molecule has 5 rings (SSSR count). The smallest absolute Gasteiger partial charge is 0.349 e. The predicted octanol–water partition coefficient (Wildman–Crippen LogP) is 6.00. The Morgan fingerprint density at radius 3 is 2.74 bits per heavy atom. The van der Waals surface area contributed by atoms with Gasteiger partial charge in [0.2, 0.25) is 5.95 Å². The molecule has 0 bridgehead atoms. The maximum Gasteiger partial charge on any atom is 0.416 e. The predicted molar refractivity (Wildman–Crippen MR) is 148 cm³/mol. The molecule has 3 heterocycles. The Bertz CT molecular complexity index is 1430. The molecule has 10 heteroatoms. The fourth-order valence-corrected chi connectivity index (χ4v) is 5.43. The Morgan fingerprint density at radius 2 is 2.00 bits per heavy atom. The molecule has 1 aliphatic carbocycles. The number of aromatic nitrogens is 3. The van der Waals surface area contributed by atoms with Crippen LogP contribution in [-0.2, 0) is 31.9 Å². The van der Waals surface area contributed by atoms with Crippen molar-refractivity contribution in [2.75, 3.05) is 24.7 Å². The number of hydrogen-bond donors (Lipinski definition) is 2. The van der Waals surface area contributed by atoms with Crippen LogP contribution < -0.4 is 10.6 Å². The highest BCUT2D eigenvalue weighted by Crippen LogP contribution is 2.38. The molecule has 2 aliphatic rings. The standard InChI is InChI=1S/C28H29F3N6S/c1-4-5-22-24(11-17-10-16(15-37(2)3)6-9-21(17)33-22)35-27-32-14-18-12-25(38)34-23-13-19(28(29,30)31)7-8-20(23)26(18)36-27/h7-8,11,13-16H,4-6,9-10,12H2,1-3H3,(H-,32,34,35,36,38)/p+1. The number of fused-ring (bicyclic) bond motifs is 4. The first-order valence-electron chi connectivity index (χ1n) is 12.8. The number of nitrogens with one attached hydrogen (secondary N) is 2. The maximum atomic E-state index is 13.4. The molecular weight excluding hydrogens is 509 g/mol. The van der Waals surface area contributed by atoms with E-state index in [2.05, 4.69) is 39.4 Å². The fourth-order valence-electron chi connectivity index (χ4n) is 5.17. The minimum Gasteiger partial charge on any atom is -0.349 e. The molecule has 1 aliphatic heterocycles. The van der Waals surface area contributed by atoms with Crippen LogP contribution in [0.2, 0.25) is 0 Å². The zero-order valence-corrected chi connectivity index (χ0v) is 22.4. The number of aryl methyl sites for hydroxylation is 2. The van der Waals surface area contributed by atoms with Crippen molar-refractivity contribution < 1.29 is 17.7 Å². The summed E-state index contributed by atoms with van der Waals surface area (Å²) in [6.07, 6.45) is 4.54. The zero-order chi connectivity index (χ0) is 27.0. The SMILES string of the molecule is CCCc1nc2c(cc1Nc1ncc3c(n1)-c1ccc(C(F)(F)F)cc1NC(=S)C3)CC(C=[N+](C)C)CC2. The molecule has 1 atom stereocenters. The molecule has 3 aromatic rings. The molecule has 0 saturated carbocycles. The van der Waals surface area contributed by atoms with Crippen LogP contribution in [0.25, 0.3) is 11.3 Å². The number of thiocarbonyl (C=S) groups is 1. The van der Waals surface area contributed by atoms with Crippen LogP contribution in [0.3, 0.4) is 0 Å². The largest absolute Gasteiger partial charge is 0.416 e. The monoisotopic (exact) mass is 539 g/mol. The first kappa shape index (κ1) is 26.2. The number of rotatable bonds is 5. The average Bonchev–Trinajstić information content (AvgIpc) is 2.98. The van der Waals surface area contributed by atoms with Gasteiger partial charge in [0.1, 0.15) is 20.3 Å². The number of anilines is 3. The number of benzene rings is 1. The molecule has 0 amide bonds. The highest BCUT2D eigenvalue weighted by molar-refractivity contribution is 7.80. The molecule has 1 unspecified atom stereocenters. The maximum absolute atomic E-state index is 13.4. The Morgan fingerprint density at radius 1 is 1.18 bits per heavy atom. The lowest BCUT2D eigenvalue weighted by Gasteiger charge is -2.22. The number of alkyl halides is 3. The van der Waals surface area contributed by atoms with E-state index in [9.17, 15) is 13.2 Å². The van der Waals surface area contributed by atoms with Gasteiger partial charge < -0.3 is 10.6 Å². The van der Waals surface area contributed by atoms with Crippen LogP contribution >= 0.6 is 12.2 Å². The summed E-state index contributed by atoms with van der Waals surface area (Å²) in [5.74, 6) is 0.830. The van der Waals surface area contributed by atoms with E-state index in [0.29, 0.717) is 40.2 Å². The van der Waals surface area contributed by atoms with Gasteiger partial charge in [0, 0.05) is 41.0 Å². The second-order valence-corrected chi connectivity index (χ2v) is 10.6. The minimum atomic E-state index is -4.45. The van der Waals surface area contributed by atoms with Gasteiger partial charge in [-0.3, -0.25) is 4.98 Å². The van der Waals surface area contributed by atoms with Crippen molar-refractivity contribution in [3.63, 3.8) is 0 Å². The van der Waals surface area contributed by atoms with E-state index in [1.54, 1.807) is 6.20 Å². The summed E-state index contributed by atoms with van der Waals surface area (Å²) in [7, 11) is 4.09. The average molecular weight is 540 g/mol. The topological polar surface area (TPSA) is 65.7 Å². The summed E-state index contributed by atoms with van der Waals surface area (Å²) in [6, 6.07) is 5.76. The quantitative estimate of drug-likeness (QED) is 0.236. The lowest BCUT2D eigenvalue weighted by atomic mass is 9.86. The molecule has 2 N–H and O–H groups in total. The van der Waals surface area contributed by atoms with E-state index in [1.807, 2.05) is 14.1 Å². The third kappa shape index (κ3) is 5.55. The van der Waals surface area contributed by atoms with E-state index in [1.165, 1.54) is 11.6 Å². The summed E-state index contributed by atoms with van der Waals surface area (Å²) in [6.45, 7) is 2.12. The van der Waals surface area contributed by atoms with E-state index in [-0.39, 0.29) is 0 Å². The van der Waals surface area contributed by atoms with Crippen molar-refractivity contribution in [2.24, 2.45) is 5.92 Å². The highest BCUT2D eigenvalue weighted by atomic mass is 32.1. The number of halogens is 3. The molecule has 0 spiro atoms. The van der Waals surface area contributed by atoms with Crippen molar-refractivity contribution in [2.45, 2.75) is 51.6 Å². The zero-order valence-electron chi connectivity index (χ0n) is 21.6. The van der Waals surface area contributed by atoms with Crippen LogP contribution in [0.4, 0.5) is 30.5 Å². The highest BCUT2D eigenvalue weighted by Gasteiger charge is 2.32. The molecule has 1 aromatic carbocycles. The van der Waals surface area contributed by atoms with E-state index < -0.39 is 11.7 Å². The number of pyridine rings is 1. The second kappa shape index (κ2) is 10.4.